The minimum Gasteiger partial charge on any atom is -0.447 e. The summed E-state index contributed by atoms with van der Waals surface area (Å²) in [5.41, 5.74) is 2.18. The van der Waals surface area contributed by atoms with Gasteiger partial charge in [-0.25, -0.2) is 4.79 Å². The lowest BCUT2D eigenvalue weighted by molar-refractivity contribution is 0.166. The number of ether oxygens (including phenoxy) is 1. The lowest BCUT2D eigenvalue weighted by Gasteiger charge is -2.30. The first-order chi connectivity index (χ1) is 8.89. The zero-order valence-electron chi connectivity index (χ0n) is 12.0. The van der Waals surface area contributed by atoms with Crippen LogP contribution in [0.15, 0.2) is 36.5 Å². The van der Waals surface area contributed by atoms with E-state index in [0.29, 0.717) is 6.61 Å². The van der Waals surface area contributed by atoms with Crippen molar-refractivity contribution in [2.24, 2.45) is 5.41 Å². The van der Waals surface area contributed by atoms with Gasteiger partial charge in [0.15, 0.2) is 0 Å². The van der Waals surface area contributed by atoms with Gasteiger partial charge in [-0.15, -0.1) is 0 Å². The van der Waals surface area contributed by atoms with Crippen LogP contribution in [0.4, 0.5) is 4.79 Å². The number of hydrogen-bond acceptors (Lipinski definition) is 2. The van der Waals surface area contributed by atoms with Crippen LogP contribution in [0.5, 0.6) is 0 Å². The van der Waals surface area contributed by atoms with Crippen LogP contribution in [0, 0.1) is 5.41 Å². The van der Waals surface area contributed by atoms with Crippen LogP contribution in [0.2, 0.25) is 0 Å². The van der Waals surface area contributed by atoms with Crippen LogP contribution in [0.25, 0.3) is 5.57 Å². The van der Waals surface area contributed by atoms with Gasteiger partial charge in [0.25, 0.3) is 0 Å². The molecule has 1 aromatic carbocycles. The molecule has 1 aliphatic heterocycles. The fourth-order valence-electron chi connectivity index (χ4n) is 2.23. The number of amides is 1. The molecule has 0 radical (unpaired) electrons. The van der Waals surface area contributed by atoms with E-state index in [4.69, 9.17) is 4.74 Å². The summed E-state index contributed by atoms with van der Waals surface area (Å²) in [6.07, 6.45) is 1.65. The van der Waals surface area contributed by atoms with E-state index < -0.39 is 0 Å². The van der Waals surface area contributed by atoms with Crippen LogP contribution in [0.1, 0.15) is 33.3 Å². The third-order valence-electron chi connectivity index (χ3n) is 3.47. The van der Waals surface area contributed by atoms with E-state index in [2.05, 4.69) is 20.8 Å². The van der Waals surface area contributed by atoms with Crippen molar-refractivity contribution < 1.29 is 9.53 Å². The fourth-order valence-corrected chi connectivity index (χ4v) is 2.23. The van der Waals surface area contributed by atoms with E-state index in [0.717, 1.165) is 11.1 Å². The molecule has 102 valence electrons. The first kappa shape index (κ1) is 13.7. The van der Waals surface area contributed by atoms with Crippen LogP contribution < -0.4 is 0 Å². The summed E-state index contributed by atoms with van der Waals surface area (Å²) in [4.78, 5) is 13.6. The van der Waals surface area contributed by atoms with Crippen molar-refractivity contribution in [3.8, 4) is 0 Å². The predicted octanol–water partition coefficient (Wildman–Crippen LogP) is 3.91. The molecule has 0 aliphatic carbocycles. The number of cyclic esters (lactones) is 1. The zero-order chi connectivity index (χ0) is 14.0. The molecule has 1 saturated heterocycles. The maximum absolute atomic E-state index is 11.9. The molecule has 0 aromatic heterocycles. The Kier molecular flexibility index (Phi) is 3.65. The van der Waals surface area contributed by atoms with Gasteiger partial charge < -0.3 is 4.74 Å². The van der Waals surface area contributed by atoms with Crippen LogP contribution in [-0.2, 0) is 4.74 Å². The van der Waals surface area contributed by atoms with Gasteiger partial charge in [-0.3, -0.25) is 4.90 Å². The molecule has 0 saturated carbocycles. The summed E-state index contributed by atoms with van der Waals surface area (Å²) in [5.74, 6) is 0. The molecule has 1 aliphatic rings. The van der Waals surface area contributed by atoms with E-state index >= 15 is 0 Å². The molecule has 1 fully saturated rings. The third-order valence-corrected chi connectivity index (χ3v) is 3.47. The van der Waals surface area contributed by atoms with Crippen molar-refractivity contribution in [1.82, 2.24) is 4.90 Å². The highest BCUT2D eigenvalue weighted by molar-refractivity contribution is 5.75. The molecule has 0 N–H and O–H groups in total. The van der Waals surface area contributed by atoms with E-state index in [1.165, 1.54) is 0 Å². The molecule has 1 atom stereocenters. The Morgan fingerprint density at radius 2 is 1.95 bits per heavy atom. The lowest BCUT2D eigenvalue weighted by Crippen LogP contribution is -2.39. The molecule has 3 nitrogen and oxygen atoms in total. The molecule has 0 spiro atoms. The molecule has 0 unspecified atom stereocenters. The first-order valence-electron chi connectivity index (χ1n) is 6.58. The highest BCUT2D eigenvalue weighted by atomic mass is 16.6. The highest BCUT2D eigenvalue weighted by Crippen LogP contribution is 2.30. The maximum atomic E-state index is 11.9. The Hall–Kier alpha value is -1.77. The lowest BCUT2D eigenvalue weighted by atomic mass is 9.87. The number of benzene rings is 1. The van der Waals surface area contributed by atoms with Gasteiger partial charge in [0.2, 0.25) is 0 Å². The minimum atomic E-state index is -0.254. The second kappa shape index (κ2) is 5.08. The fraction of sp³-hybridized carbons (Fsp3) is 0.438. The average Bonchev–Trinajstić information content (AvgIpc) is 2.72. The number of hydrogen-bond donors (Lipinski definition) is 0. The van der Waals surface area contributed by atoms with Crippen molar-refractivity contribution in [2.75, 3.05) is 6.61 Å². The van der Waals surface area contributed by atoms with Crippen molar-refractivity contribution in [3.63, 3.8) is 0 Å². The van der Waals surface area contributed by atoms with Crippen molar-refractivity contribution in [1.29, 1.82) is 0 Å². The molecule has 1 heterocycles. The van der Waals surface area contributed by atoms with Gasteiger partial charge in [-0.1, -0.05) is 51.1 Å². The summed E-state index contributed by atoms with van der Waals surface area (Å²) < 4.78 is 5.18. The number of allylic oxidation sites excluding steroid dienone is 1. The van der Waals surface area contributed by atoms with E-state index in [1.807, 2.05) is 43.5 Å². The van der Waals surface area contributed by atoms with Crippen LogP contribution in [-0.4, -0.2) is 23.6 Å². The number of carbonyl (C=O) groups excluding carboxylic acids is 1. The summed E-state index contributed by atoms with van der Waals surface area (Å²) in [7, 11) is 0. The largest absolute Gasteiger partial charge is 0.447 e. The molecular weight excluding hydrogens is 238 g/mol. The van der Waals surface area contributed by atoms with E-state index in [-0.39, 0.29) is 17.6 Å². The zero-order valence-corrected chi connectivity index (χ0v) is 12.0. The average molecular weight is 259 g/mol. The second-order valence-corrected chi connectivity index (χ2v) is 6.04. The van der Waals surface area contributed by atoms with Gasteiger partial charge in [0.1, 0.15) is 6.61 Å². The van der Waals surface area contributed by atoms with Crippen molar-refractivity contribution >= 4 is 11.7 Å². The highest BCUT2D eigenvalue weighted by Gasteiger charge is 2.39. The third kappa shape index (κ3) is 2.98. The van der Waals surface area contributed by atoms with Crippen LogP contribution in [0.3, 0.4) is 0 Å². The minimum absolute atomic E-state index is 0.000369. The Balaban J connectivity index is 2.27. The topological polar surface area (TPSA) is 29.5 Å². The molecular formula is C16H21NO2. The quantitative estimate of drug-likeness (QED) is 0.805. The number of rotatable bonds is 2. The Labute approximate surface area is 114 Å². The first-order valence-corrected chi connectivity index (χ1v) is 6.58. The number of nitrogens with zero attached hydrogens (tertiary/aromatic N) is 1. The normalized spacial score (nSPS) is 20.6. The van der Waals surface area contributed by atoms with E-state index in [9.17, 15) is 4.79 Å². The van der Waals surface area contributed by atoms with Crippen molar-refractivity contribution in [2.45, 2.75) is 33.7 Å². The summed E-state index contributed by atoms with van der Waals surface area (Å²) in [6.45, 7) is 8.84. The van der Waals surface area contributed by atoms with Gasteiger partial charge in [0, 0.05) is 6.20 Å². The monoisotopic (exact) mass is 259 g/mol. The molecule has 0 bridgehead atoms. The van der Waals surface area contributed by atoms with Gasteiger partial charge in [-0.2, -0.15) is 0 Å². The van der Waals surface area contributed by atoms with Gasteiger partial charge in [-0.05, 0) is 23.5 Å². The Morgan fingerprint density at radius 3 is 2.53 bits per heavy atom. The van der Waals surface area contributed by atoms with Gasteiger partial charge >= 0.3 is 6.09 Å². The summed E-state index contributed by atoms with van der Waals surface area (Å²) in [5, 5.41) is 0. The standard InChI is InChI=1S/C16H21NO2/c1-12(13-8-6-5-7-9-13)10-17-14(16(2,3)4)11-19-15(17)18/h5-10,14H,11H2,1-4H3/b12-10+/t14-/m1/s1. The SMILES string of the molecule is C/C(=C\N1C(=O)OC[C@@H]1C(C)(C)C)c1ccccc1. The molecule has 1 aromatic rings. The maximum Gasteiger partial charge on any atom is 0.414 e. The summed E-state index contributed by atoms with van der Waals surface area (Å²) >= 11 is 0. The Morgan fingerprint density at radius 1 is 1.32 bits per heavy atom. The molecule has 1 amide bonds. The molecule has 19 heavy (non-hydrogen) atoms. The number of carbonyl (C=O) groups is 1. The van der Waals surface area contributed by atoms with E-state index in [1.54, 1.807) is 4.90 Å². The predicted molar refractivity (Wildman–Crippen MR) is 76.5 cm³/mol. The molecule has 3 heteroatoms. The summed E-state index contributed by atoms with van der Waals surface area (Å²) in [6, 6.07) is 10.1. The van der Waals surface area contributed by atoms with Gasteiger partial charge in [0.05, 0.1) is 6.04 Å². The Bertz CT molecular complexity index is 485. The van der Waals surface area contributed by atoms with Crippen molar-refractivity contribution in [3.05, 3.63) is 42.1 Å². The van der Waals surface area contributed by atoms with Crippen LogP contribution >= 0.6 is 0 Å². The smallest absolute Gasteiger partial charge is 0.414 e. The molecule has 2 rings (SSSR count). The second-order valence-electron chi connectivity index (χ2n) is 6.04.